The zero-order chi connectivity index (χ0) is 9.26. The maximum absolute atomic E-state index is 5.64. The Morgan fingerprint density at radius 1 is 1.38 bits per heavy atom. The van der Waals surface area contributed by atoms with Gasteiger partial charge in [0.05, 0.1) is 0 Å². The monoisotopic (exact) mass is 193 g/mol. The Morgan fingerprint density at radius 3 is 2.62 bits per heavy atom. The van der Waals surface area contributed by atoms with Crippen LogP contribution in [0.1, 0.15) is 11.7 Å². The van der Waals surface area contributed by atoms with Crippen LogP contribution in [0.5, 0.6) is 0 Å². The highest BCUT2D eigenvalue weighted by molar-refractivity contribution is 7.80. The fourth-order valence-corrected chi connectivity index (χ4v) is 1.23. The first-order valence-electron chi connectivity index (χ1n) is 3.68. The van der Waals surface area contributed by atoms with Crippen LogP contribution < -0.4 is 5.84 Å². The summed E-state index contributed by atoms with van der Waals surface area (Å²) in [6.45, 7) is 0. The molecular weight excluding hydrogens is 186 g/mol. The molecule has 1 aliphatic rings. The van der Waals surface area contributed by atoms with Gasteiger partial charge in [-0.1, -0.05) is 0 Å². The van der Waals surface area contributed by atoms with Gasteiger partial charge in [-0.3, -0.25) is 9.99 Å². The fraction of sp³-hybridized carbons (Fsp3) is 0.143. The van der Waals surface area contributed by atoms with E-state index in [9.17, 15) is 0 Å². The molecule has 0 amide bonds. The number of hydrogen-bond donors (Lipinski definition) is 1. The predicted octanol–water partition coefficient (Wildman–Crippen LogP) is 1.01. The molecule has 0 spiro atoms. The van der Waals surface area contributed by atoms with Crippen molar-refractivity contribution < 1.29 is 0 Å². The van der Waals surface area contributed by atoms with E-state index in [1.807, 2.05) is 12.1 Å². The van der Waals surface area contributed by atoms with Gasteiger partial charge in [-0.25, -0.2) is 5.84 Å². The summed E-state index contributed by atoms with van der Waals surface area (Å²) in [7, 11) is 0. The minimum absolute atomic E-state index is 0.296. The molecule has 0 saturated carbocycles. The third-order valence-electron chi connectivity index (χ3n) is 1.74. The number of nitrogens with two attached hydrogens (primary N) is 1. The lowest BCUT2D eigenvalue weighted by atomic mass is 10.2. The summed E-state index contributed by atoms with van der Waals surface area (Å²) in [5.41, 5.74) is 0.932. The van der Waals surface area contributed by atoms with Crippen molar-refractivity contribution >= 4 is 17.3 Å². The zero-order valence-electron chi connectivity index (χ0n) is 6.66. The van der Waals surface area contributed by atoms with Gasteiger partial charge in [0, 0.05) is 18.0 Å². The van der Waals surface area contributed by atoms with E-state index in [0.717, 1.165) is 5.56 Å². The van der Waals surface area contributed by atoms with Crippen molar-refractivity contribution in [3.63, 3.8) is 0 Å². The second-order valence-electron chi connectivity index (χ2n) is 2.56. The maximum Gasteiger partial charge on any atom is 0.232 e. The number of pyridine rings is 1. The summed E-state index contributed by atoms with van der Waals surface area (Å²) in [5.74, 6) is 5.64. The van der Waals surface area contributed by atoms with Crippen molar-refractivity contribution in [2.24, 2.45) is 16.1 Å². The number of thiocarbonyl (C=S) groups is 1. The quantitative estimate of drug-likeness (QED) is 0.534. The van der Waals surface area contributed by atoms with Crippen LogP contribution in [0, 0.1) is 0 Å². The van der Waals surface area contributed by atoms with Gasteiger partial charge in [0.1, 0.15) is 0 Å². The Hall–Kier alpha value is -1.40. The molecule has 5 nitrogen and oxygen atoms in total. The lowest BCUT2D eigenvalue weighted by Gasteiger charge is -2.16. The standard InChI is InChI=1S/C7H7N5S/c8-12-6(10-11-7(12)13)5-1-3-9-4-2-5/h1-4,6H,8H2. The van der Waals surface area contributed by atoms with Gasteiger partial charge in [0.2, 0.25) is 5.11 Å². The summed E-state index contributed by atoms with van der Waals surface area (Å²) in [4.78, 5) is 3.90. The number of nitrogens with zero attached hydrogens (tertiary/aromatic N) is 4. The topological polar surface area (TPSA) is 66.9 Å². The van der Waals surface area contributed by atoms with Crippen molar-refractivity contribution in [2.75, 3.05) is 0 Å². The Balaban J connectivity index is 2.29. The first kappa shape index (κ1) is 8.21. The highest BCUT2D eigenvalue weighted by Gasteiger charge is 2.24. The number of hydrazine groups is 1. The van der Waals surface area contributed by atoms with Crippen LogP contribution in [-0.4, -0.2) is 15.1 Å². The molecule has 0 radical (unpaired) electrons. The largest absolute Gasteiger partial charge is 0.265 e. The fourth-order valence-electron chi connectivity index (χ4n) is 1.08. The van der Waals surface area contributed by atoms with E-state index in [1.54, 1.807) is 12.4 Å². The van der Waals surface area contributed by atoms with Crippen molar-refractivity contribution in [2.45, 2.75) is 6.17 Å². The van der Waals surface area contributed by atoms with E-state index in [2.05, 4.69) is 15.2 Å². The molecule has 2 heterocycles. The average molecular weight is 193 g/mol. The van der Waals surface area contributed by atoms with Crippen LogP contribution in [0.25, 0.3) is 0 Å². The van der Waals surface area contributed by atoms with Gasteiger partial charge >= 0.3 is 0 Å². The number of azo groups is 1. The van der Waals surface area contributed by atoms with E-state index < -0.39 is 0 Å². The maximum atomic E-state index is 5.64. The molecule has 66 valence electrons. The van der Waals surface area contributed by atoms with Gasteiger partial charge < -0.3 is 0 Å². The van der Waals surface area contributed by atoms with Gasteiger partial charge in [0.25, 0.3) is 0 Å². The van der Waals surface area contributed by atoms with E-state index in [1.165, 1.54) is 5.01 Å². The molecule has 1 aliphatic heterocycles. The Labute approximate surface area is 80.3 Å². The van der Waals surface area contributed by atoms with Crippen LogP contribution in [0.15, 0.2) is 34.8 Å². The van der Waals surface area contributed by atoms with Crippen LogP contribution in [-0.2, 0) is 0 Å². The number of rotatable bonds is 1. The molecule has 1 aromatic rings. The number of aromatic nitrogens is 1. The molecule has 1 atom stereocenters. The van der Waals surface area contributed by atoms with Crippen molar-refractivity contribution in [3.05, 3.63) is 30.1 Å². The Bertz CT molecular complexity index is 349. The van der Waals surface area contributed by atoms with Gasteiger partial charge in [-0.15, -0.1) is 5.11 Å². The third-order valence-corrected chi connectivity index (χ3v) is 2.03. The molecule has 0 saturated heterocycles. The Morgan fingerprint density at radius 2 is 2.08 bits per heavy atom. The van der Waals surface area contributed by atoms with Gasteiger partial charge in [-0.2, -0.15) is 5.11 Å². The van der Waals surface area contributed by atoms with Crippen molar-refractivity contribution in [3.8, 4) is 0 Å². The second kappa shape index (κ2) is 3.15. The predicted molar refractivity (Wildman–Crippen MR) is 50.5 cm³/mol. The highest BCUT2D eigenvalue weighted by Crippen LogP contribution is 2.24. The normalized spacial score (nSPS) is 21.2. The first-order chi connectivity index (χ1) is 6.29. The van der Waals surface area contributed by atoms with Crippen LogP contribution in [0.3, 0.4) is 0 Å². The molecule has 2 rings (SSSR count). The minimum Gasteiger partial charge on any atom is -0.265 e. The second-order valence-corrected chi connectivity index (χ2v) is 2.92. The third kappa shape index (κ3) is 1.41. The summed E-state index contributed by atoms with van der Waals surface area (Å²) < 4.78 is 0. The van der Waals surface area contributed by atoms with E-state index in [4.69, 9.17) is 18.1 Å². The first-order valence-corrected chi connectivity index (χ1v) is 4.08. The van der Waals surface area contributed by atoms with E-state index in [-0.39, 0.29) is 6.17 Å². The van der Waals surface area contributed by atoms with E-state index >= 15 is 0 Å². The smallest absolute Gasteiger partial charge is 0.232 e. The summed E-state index contributed by atoms with van der Waals surface area (Å²) in [6, 6.07) is 3.66. The Kier molecular flexibility index (Phi) is 1.99. The van der Waals surface area contributed by atoms with Gasteiger partial charge in [-0.05, 0) is 24.4 Å². The molecule has 2 N–H and O–H groups in total. The highest BCUT2D eigenvalue weighted by atomic mass is 32.1. The lowest BCUT2D eigenvalue weighted by Crippen LogP contribution is -2.33. The summed E-state index contributed by atoms with van der Waals surface area (Å²) >= 11 is 4.84. The summed E-state index contributed by atoms with van der Waals surface area (Å²) in [5, 5.41) is 9.30. The SMILES string of the molecule is NN1C(=S)N=NC1c1ccncc1. The van der Waals surface area contributed by atoms with E-state index in [0.29, 0.717) is 5.11 Å². The average Bonchev–Trinajstić information content (AvgIpc) is 2.49. The molecule has 0 aromatic carbocycles. The van der Waals surface area contributed by atoms with Crippen LogP contribution in [0.2, 0.25) is 0 Å². The lowest BCUT2D eigenvalue weighted by molar-refractivity contribution is 0.361. The molecular formula is C7H7N5S. The van der Waals surface area contributed by atoms with Gasteiger partial charge in [0.15, 0.2) is 6.17 Å². The molecule has 0 fully saturated rings. The number of hydrogen-bond acceptors (Lipinski definition) is 4. The van der Waals surface area contributed by atoms with Crippen molar-refractivity contribution in [1.29, 1.82) is 0 Å². The van der Waals surface area contributed by atoms with Crippen LogP contribution in [0.4, 0.5) is 0 Å². The molecule has 6 heteroatoms. The summed E-state index contributed by atoms with van der Waals surface area (Å²) in [6.07, 6.45) is 3.07. The molecule has 0 aliphatic carbocycles. The molecule has 1 aromatic heterocycles. The molecule has 13 heavy (non-hydrogen) atoms. The zero-order valence-corrected chi connectivity index (χ0v) is 7.48. The van der Waals surface area contributed by atoms with Crippen LogP contribution >= 0.6 is 12.2 Å². The minimum atomic E-state index is -0.296. The van der Waals surface area contributed by atoms with Crippen molar-refractivity contribution in [1.82, 2.24) is 9.99 Å². The molecule has 1 unspecified atom stereocenters. The molecule has 0 bridgehead atoms.